The van der Waals surface area contributed by atoms with E-state index in [1.54, 1.807) is 12.1 Å². The molecule has 0 spiro atoms. The van der Waals surface area contributed by atoms with Crippen LogP contribution in [0, 0.1) is 5.92 Å². The second-order valence-electron chi connectivity index (χ2n) is 3.97. The number of rotatable bonds is 3. The Morgan fingerprint density at radius 3 is 3.12 bits per heavy atom. The van der Waals surface area contributed by atoms with Crippen LogP contribution >= 0.6 is 15.9 Å². The highest BCUT2D eigenvalue weighted by atomic mass is 79.9. The molecule has 1 aliphatic rings. The summed E-state index contributed by atoms with van der Waals surface area (Å²) in [4.78, 5) is 11.7. The molecule has 0 aromatic heterocycles. The molecule has 1 aliphatic heterocycles. The third-order valence-corrected chi connectivity index (χ3v) is 3.17. The molecule has 3 nitrogen and oxygen atoms in total. The lowest BCUT2D eigenvalue weighted by Gasteiger charge is -2.09. The summed E-state index contributed by atoms with van der Waals surface area (Å²) in [5, 5.41) is 3.25. The zero-order valence-corrected chi connectivity index (χ0v) is 10.5. The van der Waals surface area contributed by atoms with Gasteiger partial charge in [-0.05, 0) is 31.2 Å². The molecule has 0 amide bonds. The molecule has 2 rings (SSSR count). The number of hydrogen-bond acceptors (Lipinski definition) is 3. The molecule has 0 radical (unpaired) electrons. The number of carbonyl (C=O) groups excluding carboxylic acids is 1. The van der Waals surface area contributed by atoms with Crippen LogP contribution in [0.25, 0.3) is 0 Å². The van der Waals surface area contributed by atoms with E-state index in [0.29, 0.717) is 18.1 Å². The third-order valence-electron chi connectivity index (χ3n) is 2.67. The van der Waals surface area contributed by atoms with Crippen LogP contribution in [0.4, 0.5) is 0 Å². The summed E-state index contributed by atoms with van der Waals surface area (Å²) in [6.07, 6.45) is 1.09. The van der Waals surface area contributed by atoms with Crippen molar-refractivity contribution in [3.05, 3.63) is 34.3 Å². The normalized spacial score (nSPS) is 19.7. The van der Waals surface area contributed by atoms with Crippen LogP contribution in [0.5, 0.6) is 0 Å². The van der Waals surface area contributed by atoms with Crippen molar-refractivity contribution in [2.45, 2.75) is 6.42 Å². The molecule has 0 bridgehead atoms. The fraction of sp³-hybridized carbons (Fsp3) is 0.417. The smallest absolute Gasteiger partial charge is 0.338 e. The van der Waals surface area contributed by atoms with Gasteiger partial charge < -0.3 is 10.1 Å². The quantitative estimate of drug-likeness (QED) is 0.865. The Kier molecular flexibility index (Phi) is 3.96. The predicted octanol–water partition coefficient (Wildman–Crippen LogP) is 2.22. The van der Waals surface area contributed by atoms with E-state index in [1.165, 1.54) is 0 Å². The summed E-state index contributed by atoms with van der Waals surface area (Å²) in [5.74, 6) is 0.226. The largest absolute Gasteiger partial charge is 0.462 e. The first kappa shape index (κ1) is 11.6. The zero-order chi connectivity index (χ0) is 11.4. The van der Waals surface area contributed by atoms with Gasteiger partial charge in [0.05, 0.1) is 12.2 Å². The van der Waals surface area contributed by atoms with Gasteiger partial charge in [0.1, 0.15) is 0 Å². The van der Waals surface area contributed by atoms with Crippen LogP contribution in [-0.4, -0.2) is 25.7 Å². The molecular weight excluding hydrogens is 270 g/mol. The van der Waals surface area contributed by atoms with Crippen LogP contribution < -0.4 is 5.32 Å². The van der Waals surface area contributed by atoms with Crippen molar-refractivity contribution in [1.82, 2.24) is 5.32 Å². The van der Waals surface area contributed by atoms with Crippen LogP contribution in [0.15, 0.2) is 28.7 Å². The van der Waals surface area contributed by atoms with Crippen molar-refractivity contribution in [1.29, 1.82) is 0 Å². The first-order chi connectivity index (χ1) is 7.75. The van der Waals surface area contributed by atoms with Gasteiger partial charge in [-0.1, -0.05) is 22.0 Å². The molecular formula is C12H14BrNO2. The maximum absolute atomic E-state index is 11.7. The van der Waals surface area contributed by atoms with Crippen molar-refractivity contribution in [3.63, 3.8) is 0 Å². The lowest BCUT2D eigenvalue weighted by molar-refractivity contribution is 0.0450. The van der Waals surface area contributed by atoms with Gasteiger partial charge in [0.25, 0.3) is 0 Å². The lowest BCUT2D eigenvalue weighted by Crippen LogP contribution is -2.16. The third kappa shape index (κ3) is 3.06. The van der Waals surface area contributed by atoms with E-state index in [4.69, 9.17) is 4.74 Å². The first-order valence-electron chi connectivity index (χ1n) is 5.39. The van der Waals surface area contributed by atoms with Crippen LogP contribution in [0.1, 0.15) is 16.8 Å². The van der Waals surface area contributed by atoms with E-state index in [-0.39, 0.29) is 5.97 Å². The van der Waals surface area contributed by atoms with Crippen molar-refractivity contribution < 1.29 is 9.53 Å². The topological polar surface area (TPSA) is 38.3 Å². The Morgan fingerprint density at radius 1 is 1.56 bits per heavy atom. The maximum Gasteiger partial charge on any atom is 0.338 e. The molecule has 1 unspecified atom stereocenters. The summed E-state index contributed by atoms with van der Waals surface area (Å²) in [5.41, 5.74) is 0.598. The maximum atomic E-state index is 11.7. The van der Waals surface area contributed by atoms with E-state index >= 15 is 0 Å². The second-order valence-corrected chi connectivity index (χ2v) is 4.88. The van der Waals surface area contributed by atoms with Crippen LogP contribution in [-0.2, 0) is 4.74 Å². The number of benzene rings is 1. The highest BCUT2D eigenvalue weighted by Crippen LogP contribution is 2.14. The average molecular weight is 284 g/mol. The molecule has 1 aromatic carbocycles. The molecule has 16 heavy (non-hydrogen) atoms. The number of hydrogen-bond donors (Lipinski definition) is 1. The first-order valence-corrected chi connectivity index (χ1v) is 6.18. The summed E-state index contributed by atoms with van der Waals surface area (Å²) in [6.45, 7) is 2.49. The molecule has 86 valence electrons. The summed E-state index contributed by atoms with van der Waals surface area (Å²) < 4.78 is 6.16. The van der Waals surface area contributed by atoms with Crippen LogP contribution in [0.3, 0.4) is 0 Å². The van der Waals surface area contributed by atoms with Crippen LogP contribution in [0.2, 0.25) is 0 Å². The van der Waals surface area contributed by atoms with Gasteiger partial charge in [0.2, 0.25) is 0 Å². The number of ether oxygens (including phenoxy) is 1. The molecule has 1 heterocycles. The minimum absolute atomic E-state index is 0.242. The van der Waals surface area contributed by atoms with Gasteiger partial charge in [-0.25, -0.2) is 4.79 Å². The molecule has 4 heteroatoms. The van der Waals surface area contributed by atoms with Gasteiger partial charge in [-0.15, -0.1) is 0 Å². The fourth-order valence-electron chi connectivity index (χ4n) is 1.75. The molecule has 0 aliphatic carbocycles. The highest BCUT2D eigenvalue weighted by molar-refractivity contribution is 9.10. The standard InChI is InChI=1S/C12H14BrNO2/c13-11-3-1-2-10(6-11)12(15)16-8-9-4-5-14-7-9/h1-3,6,9,14H,4-5,7-8H2. The molecule has 1 atom stereocenters. The van der Waals surface area contributed by atoms with Crippen molar-refractivity contribution in [2.75, 3.05) is 19.7 Å². The Bertz CT molecular complexity index is 375. The van der Waals surface area contributed by atoms with E-state index < -0.39 is 0 Å². The zero-order valence-electron chi connectivity index (χ0n) is 8.91. The lowest BCUT2D eigenvalue weighted by atomic mass is 10.1. The number of halogens is 1. The van der Waals surface area contributed by atoms with Crippen molar-refractivity contribution >= 4 is 21.9 Å². The van der Waals surface area contributed by atoms with Gasteiger partial charge in [-0.2, -0.15) is 0 Å². The van der Waals surface area contributed by atoms with Crippen molar-refractivity contribution in [2.24, 2.45) is 5.92 Å². The molecule has 1 aromatic rings. The number of carbonyl (C=O) groups is 1. The second kappa shape index (κ2) is 5.46. The Hall–Kier alpha value is -0.870. The minimum Gasteiger partial charge on any atom is -0.462 e. The molecule has 0 saturated carbocycles. The highest BCUT2D eigenvalue weighted by Gasteiger charge is 2.17. The molecule has 1 N–H and O–H groups in total. The fourth-order valence-corrected chi connectivity index (χ4v) is 2.15. The molecule has 1 saturated heterocycles. The van der Waals surface area contributed by atoms with E-state index in [2.05, 4.69) is 21.2 Å². The Balaban J connectivity index is 1.87. The van der Waals surface area contributed by atoms with Crippen molar-refractivity contribution in [3.8, 4) is 0 Å². The van der Waals surface area contributed by atoms with E-state index in [0.717, 1.165) is 24.0 Å². The van der Waals surface area contributed by atoms with Gasteiger partial charge >= 0.3 is 5.97 Å². The Morgan fingerprint density at radius 2 is 2.44 bits per heavy atom. The number of nitrogens with one attached hydrogen (secondary N) is 1. The monoisotopic (exact) mass is 283 g/mol. The van der Waals surface area contributed by atoms with Gasteiger partial charge in [0.15, 0.2) is 0 Å². The van der Waals surface area contributed by atoms with Gasteiger partial charge in [0, 0.05) is 16.9 Å². The Labute approximate surface area is 103 Å². The van der Waals surface area contributed by atoms with Gasteiger partial charge in [-0.3, -0.25) is 0 Å². The summed E-state index contributed by atoms with van der Waals surface area (Å²) >= 11 is 3.33. The average Bonchev–Trinajstić information content (AvgIpc) is 2.78. The molecule has 1 fully saturated rings. The SMILES string of the molecule is O=C(OCC1CCNC1)c1cccc(Br)c1. The number of esters is 1. The minimum atomic E-state index is -0.242. The van der Waals surface area contributed by atoms with E-state index in [9.17, 15) is 4.79 Å². The predicted molar refractivity (Wildman–Crippen MR) is 65.4 cm³/mol. The summed E-state index contributed by atoms with van der Waals surface area (Å²) in [7, 11) is 0. The van der Waals surface area contributed by atoms with E-state index in [1.807, 2.05) is 12.1 Å². The summed E-state index contributed by atoms with van der Waals surface area (Å²) in [6, 6.07) is 7.25.